The number of anilines is 2. The molecule has 2 aromatic rings. The lowest BCUT2D eigenvalue weighted by Crippen LogP contribution is -2.21. The van der Waals surface area contributed by atoms with Crippen LogP contribution in [0.4, 0.5) is 11.4 Å². The van der Waals surface area contributed by atoms with Crippen molar-refractivity contribution >= 4 is 35.1 Å². The summed E-state index contributed by atoms with van der Waals surface area (Å²) < 4.78 is 9.76. The number of hydrogen-bond donors (Lipinski definition) is 2. The van der Waals surface area contributed by atoms with Crippen LogP contribution in [-0.4, -0.2) is 37.0 Å². The van der Waals surface area contributed by atoms with E-state index in [1.807, 2.05) is 19.1 Å². The first kappa shape index (κ1) is 22.6. The molecule has 8 heteroatoms. The molecule has 0 atom stereocenters. The summed E-state index contributed by atoms with van der Waals surface area (Å²) in [6.45, 7) is 3.45. The summed E-state index contributed by atoms with van der Waals surface area (Å²) in [6, 6.07) is 13.4. The highest BCUT2D eigenvalue weighted by Gasteiger charge is 2.12. The van der Waals surface area contributed by atoms with Gasteiger partial charge in [-0.05, 0) is 50.2 Å². The first-order valence-electron chi connectivity index (χ1n) is 9.46. The van der Waals surface area contributed by atoms with Crippen LogP contribution in [0.3, 0.4) is 0 Å². The summed E-state index contributed by atoms with van der Waals surface area (Å²) in [4.78, 5) is 47.1. The second-order valence-electron chi connectivity index (χ2n) is 6.42. The second kappa shape index (κ2) is 11.4. The van der Waals surface area contributed by atoms with Crippen LogP contribution < -0.4 is 10.6 Å². The number of nitrogens with one attached hydrogen (secondary N) is 2. The molecule has 158 valence electrons. The van der Waals surface area contributed by atoms with Gasteiger partial charge in [-0.1, -0.05) is 17.7 Å². The Morgan fingerprint density at radius 1 is 0.767 bits per heavy atom. The van der Waals surface area contributed by atoms with E-state index < -0.39 is 24.5 Å². The van der Waals surface area contributed by atoms with E-state index in [1.54, 1.807) is 31.2 Å². The molecule has 0 fully saturated rings. The monoisotopic (exact) mass is 412 g/mol. The normalized spacial score (nSPS) is 10.1. The highest BCUT2D eigenvalue weighted by atomic mass is 16.5. The third kappa shape index (κ3) is 7.75. The number of aryl methyl sites for hydroxylation is 1. The fraction of sp³-hybridized carbons (Fsp3) is 0.273. The Morgan fingerprint density at radius 3 is 1.93 bits per heavy atom. The SMILES string of the molecule is CCOC(=O)c1ccc(NC(=O)COC(=O)CCC(=O)Nc2ccc(C)cc2)cc1. The summed E-state index contributed by atoms with van der Waals surface area (Å²) in [7, 11) is 0. The summed E-state index contributed by atoms with van der Waals surface area (Å²) in [5.74, 6) is -1.95. The highest BCUT2D eigenvalue weighted by Crippen LogP contribution is 2.11. The van der Waals surface area contributed by atoms with Crippen molar-refractivity contribution in [3.8, 4) is 0 Å². The number of rotatable bonds is 9. The van der Waals surface area contributed by atoms with Crippen molar-refractivity contribution in [1.29, 1.82) is 0 Å². The van der Waals surface area contributed by atoms with Gasteiger partial charge in [0.1, 0.15) is 0 Å². The van der Waals surface area contributed by atoms with E-state index in [0.717, 1.165) is 5.56 Å². The van der Waals surface area contributed by atoms with Crippen LogP contribution in [0.25, 0.3) is 0 Å². The van der Waals surface area contributed by atoms with Crippen LogP contribution in [-0.2, 0) is 23.9 Å². The fourth-order valence-corrected chi connectivity index (χ4v) is 2.40. The lowest BCUT2D eigenvalue weighted by Gasteiger charge is -2.08. The predicted molar refractivity (Wildman–Crippen MR) is 111 cm³/mol. The molecule has 0 aliphatic rings. The number of benzene rings is 2. The molecule has 2 N–H and O–H groups in total. The van der Waals surface area contributed by atoms with Gasteiger partial charge in [0.05, 0.1) is 18.6 Å². The van der Waals surface area contributed by atoms with Crippen LogP contribution in [0.2, 0.25) is 0 Å². The van der Waals surface area contributed by atoms with Crippen LogP contribution >= 0.6 is 0 Å². The lowest BCUT2D eigenvalue weighted by molar-refractivity contribution is -0.147. The van der Waals surface area contributed by atoms with Crippen molar-refractivity contribution in [3.63, 3.8) is 0 Å². The van der Waals surface area contributed by atoms with E-state index in [0.29, 0.717) is 16.9 Å². The molecule has 0 aliphatic carbocycles. The van der Waals surface area contributed by atoms with E-state index in [-0.39, 0.29) is 25.4 Å². The van der Waals surface area contributed by atoms with E-state index in [9.17, 15) is 19.2 Å². The molecule has 0 heterocycles. The molecular formula is C22H24N2O6. The molecule has 0 unspecified atom stereocenters. The summed E-state index contributed by atoms with van der Waals surface area (Å²) in [5.41, 5.74) is 2.53. The molecule has 30 heavy (non-hydrogen) atoms. The van der Waals surface area contributed by atoms with E-state index in [1.165, 1.54) is 12.1 Å². The molecule has 0 saturated carbocycles. The quantitative estimate of drug-likeness (QED) is 0.613. The maximum Gasteiger partial charge on any atom is 0.338 e. The zero-order valence-electron chi connectivity index (χ0n) is 16.9. The highest BCUT2D eigenvalue weighted by molar-refractivity contribution is 5.95. The molecule has 0 aromatic heterocycles. The van der Waals surface area contributed by atoms with Crippen LogP contribution in [0.5, 0.6) is 0 Å². The maximum absolute atomic E-state index is 11.9. The number of carbonyl (C=O) groups is 4. The summed E-state index contributed by atoms with van der Waals surface area (Å²) >= 11 is 0. The standard InChI is InChI=1S/C22H24N2O6/c1-3-29-22(28)16-6-10-18(11-7-16)24-20(26)14-30-21(27)13-12-19(25)23-17-8-4-15(2)5-9-17/h4-11H,3,12-14H2,1-2H3,(H,23,25)(H,24,26). The Balaban J connectivity index is 1.68. The van der Waals surface area contributed by atoms with Gasteiger partial charge in [-0.3, -0.25) is 14.4 Å². The molecule has 0 spiro atoms. The average Bonchev–Trinajstić information content (AvgIpc) is 2.73. The Hall–Kier alpha value is -3.68. The maximum atomic E-state index is 11.9. The minimum Gasteiger partial charge on any atom is -0.462 e. The Morgan fingerprint density at radius 2 is 1.33 bits per heavy atom. The average molecular weight is 412 g/mol. The molecule has 0 radical (unpaired) electrons. The smallest absolute Gasteiger partial charge is 0.338 e. The Bertz CT molecular complexity index is 891. The van der Waals surface area contributed by atoms with E-state index >= 15 is 0 Å². The molecule has 2 amide bonds. The summed E-state index contributed by atoms with van der Waals surface area (Å²) in [5, 5.41) is 5.23. The number of carbonyl (C=O) groups excluding carboxylic acids is 4. The van der Waals surface area contributed by atoms with Crippen LogP contribution in [0.1, 0.15) is 35.7 Å². The van der Waals surface area contributed by atoms with Gasteiger partial charge in [-0.15, -0.1) is 0 Å². The zero-order valence-corrected chi connectivity index (χ0v) is 16.9. The van der Waals surface area contributed by atoms with E-state index in [4.69, 9.17) is 9.47 Å². The first-order chi connectivity index (χ1) is 14.4. The zero-order chi connectivity index (χ0) is 21.9. The minimum absolute atomic E-state index is 0.0519. The molecule has 8 nitrogen and oxygen atoms in total. The third-order valence-corrected chi connectivity index (χ3v) is 3.94. The van der Waals surface area contributed by atoms with Crippen molar-refractivity contribution in [2.24, 2.45) is 0 Å². The first-order valence-corrected chi connectivity index (χ1v) is 9.46. The molecule has 0 saturated heterocycles. The van der Waals surface area contributed by atoms with Gasteiger partial charge in [-0.25, -0.2) is 4.79 Å². The van der Waals surface area contributed by atoms with Crippen molar-refractivity contribution in [1.82, 2.24) is 0 Å². The van der Waals surface area contributed by atoms with Gasteiger partial charge in [0.2, 0.25) is 5.91 Å². The van der Waals surface area contributed by atoms with Gasteiger partial charge < -0.3 is 20.1 Å². The van der Waals surface area contributed by atoms with Gasteiger partial charge >= 0.3 is 11.9 Å². The second-order valence-corrected chi connectivity index (χ2v) is 6.42. The Labute approximate surface area is 174 Å². The van der Waals surface area contributed by atoms with E-state index in [2.05, 4.69) is 10.6 Å². The largest absolute Gasteiger partial charge is 0.462 e. The van der Waals surface area contributed by atoms with Gasteiger partial charge in [-0.2, -0.15) is 0 Å². The number of esters is 2. The van der Waals surface area contributed by atoms with Crippen molar-refractivity contribution in [3.05, 3.63) is 59.7 Å². The van der Waals surface area contributed by atoms with Crippen molar-refractivity contribution in [2.75, 3.05) is 23.8 Å². The number of ether oxygens (including phenoxy) is 2. The third-order valence-electron chi connectivity index (χ3n) is 3.94. The van der Waals surface area contributed by atoms with Crippen LogP contribution in [0.15, 0.2) is 48.5 Å². The number of hydrogen-bond acceptors (Lipinski definition) is 6. The summed E-state index contributed by atoms with van der Waals surface area (Å²) in [6.07, 6.45) is -0.192. The molecular weight excluding hydrogens is 388 g/mol. The van der Waals surface area contributed by atoms with Crippen molar-refractivity contribution in [2.45, 2.75) is 26.7 Å². The predicted octanol–water partition coefficient (Wildman–Crippen LogP) is 3.07. The van der Waals surface area contributed by atoms with Crippen molar-refractivity contribution < 1.29 is 28.7 Å². The molecule has 2 rings (SSSR count). The topological polar surface area (TPSA) is 111 Å². The fourth-order valence-electron chi connectivity index (χ4n) is 2.40. The Kier molecular flexibility index (Phi) is 8.56. The van der Waals surface area contributed by atoms with Gasteiger partial charge in [0, 0.05) is 17.8 Å². The molecule has 0 bridgehead atoms. The minimum atomic E-state index is -0.651. The molecule has 0 aliphatic heterocycles. The molecule has 2 aromatic carbocycles. The van der Waals surface area contributed by atoms with Crippen LogP contribution in [0, 0.1) is 6.92 Å². The van der Waals surface area contributed by atoms with Gasteiger partial charge in [0.15, 0.2) is 6.61 Å². The lowest BCUT2D eigenvalue weighted by atomic mass is 10.2. The number of amides is 2. The van der Waals surface area contributed by atoms with Gasteiger partial charge in [0.25, 0.3) is 5.91 Å².